The first-order valence-corrected chi connectivity index (χ1v) is 6.18. The normalized spacial score (nSPS) is 13.5. The van der Waals surface area contributed by atoms with Gasteiger partial charge in [-0.15, -0.1) is 0 Å². The maximum Gasteiger partial charge on any atom is 0.00506 e. The van der Waals surface area contributed by atoms with E-state index in [2.05, 4.69) is 38.3 Å². The lowest BCUT2D eigenvalue weighted by Gasteiger charge is -2.15. The van der Waals surface area contributed by atoms with Crippen LogP contribution < -0.4 is 10.6 Å². The lowest BCUT2D eigenvalue weighted by molar-refractivity contribution is 0.431. The third-order valence-electron chi connectivity index (χ3n) is 2.89. The SMILES string of the molecule is CCNC(C)CCNCC(CC)CC. The van der Waals surface area contributed by atoms with Crippen LogP contribution in [0, 0.1) is 5.92 Å². The molecule has 0 radical (unpaired) electrons. The van der Waals surface area contributed by atoms with Crippen molar-refractivity contribution in [1.29, 1.82) is 0 Å². The number of nitrogens with one attached hydrogen (secondary N) is 2. The Hall–Kier alpha value is -0.0800. The molecule has 2 N–H and O–H groups in total. The summed E-state index contributed by atoms with van der Waals surface area (Å²) >= 11 is 0. The second-order valence-electron chi connectivity index (χ2n) is 4.13. The van der Waals surface area contributed by atoms with Crippen molar-refractivity contribution in [3.63, 3.8) is 0 Å². The molecule has 1 unspecified atom stereocenters. The van der Waals surface area contributed by atoms with E-state index in [1.54, 1.807) is 0 Å². The molecular formula is C12H28N2. The van der Waals surface area contributed by atoms with Gasteiger partial charge < -0.3 is 10.6 Å². The summed E-state index contributed by atoms with van der Waals surface area (Å²) in [6, 6.07) is 0.647. The van der Waals surface area contributed by atoms with E-state index in [1.807, 2.05) is 0 Å². The van der Waals surface area contributed by atoms with Crippen molar-refractivity contribution in [3.8, 4) is 0 Å². The van der Waals surface area contributed by atoms with E-state index in [9.17, 15) is 0 Å². The highest BCUT2D eigenvalue weighted by Crippen LogP contribution is 2.04. The van der Waals surface area contributed by atoms with Crippen LogP contribution in [0.4, 0.5) is 0 Å². The second kappa shape index (κ2) is 9.47. The average molecular weight is 200 g/mol. The molecule has 0 fully saturated rings. The van der Waals surface area contributed by atoms with Gasteiger partial charge >= 0.3 is 0 Å². The molecule has 2 heteroatoms. The van der Waals surface area contributed by atoms with Crippen molar-refractivity contribution >= 4 is 0 Å². The molecule has 0 aliphatic rings. The summed E-state index contributed by atoms with van der Waals surface area (Å²) in [6.45, 7) is 12.4. The minimum Gasteiger partial charge on any atom is -0.316 e. The van der Waals surface area contributed by atoms with Gasteiger partial charge in [0.15, 0.2) is 0 Å². The zero-order chi connectivity index (χ0) is 10.8. The fourth-order valence-electron chi connectivity index (χ4n) is 1.65. The molecule has 0 rings (SSSR count). The molecule has 86 valence electrons. The summed E-state index contributed by atoms with van der Waals surface area (Å²) in [6.07, 6.45) is 3.83. The Morgan fingerprint density at radius 1 is 1.07 bits per heavy atom. The first-order valence-electron chi connectivity index (χ1n) is 6.18. The first kappa shape index (κ1) is 13.9. The van der Waals surface area contributed by atoms with Crippen LogP contribution in [0.2, 0.25) is 0 Å². The first-order chi connectivity index (χ1) is 6.74. The van der Waals surface area contributed by atoms with Gasteiger partial charge in [-0.1, -0.05) is 33.6 Å². The standard InChI is InChI=1S/C12H28N2/c1-5-12(6-2)10-13-9-8-11(4)14-7-3/h11-14H,5-10H2,1-4H3. The van der Waals surface area contributed by atoms with Crippen molar-refractivity contribution in [2.75, 3.05) is 19.6 Å². The molecule has 0 aromatic rings. The topological polar surface area (TPSA) is 24.1 Å². The Morgan fingerprint density at radius 3 is 2.21 bits per heavy atom. The zero-order valence-electron chi connectivity index (χ0n) is 10.4. The second-order valence-corrected chi connectivity index (χ2v) is 4.13. The summed E-state index contributed by atoms with van der Waals surface area (Å²) in [5.41, 5.74) is 0. The van der Waals surface area contributed by atoms with E-state index < -0.39 is 0 Å². The molecule has 2 nitrogen and oxygen atoms in total. The van der Waals surface area contributed by atoms with Crippen molar-refractivity contribution in [3.05, 3.63) is 0 Å². The maximum atomic E-state index is 3.54. The Bertz CT molecular complexity index is 111. The van der Waals surface area contributed by atoms with Gasteiger partial charge in [0.2, 0.25) is 0 Å². The third-order valence-corrected chi connectivity index (χ3v) is 2.89. The molecule has 0 aliphatic heterocycles. The molecule has 0 saturated carbocycles. The molecule has 0 amide bonds. The fourth-order valence-corrected chi connectivity index (χ4v) is 1.65. The molecule has 0 aliphatic carbocycles. The summed E-state index contributed by atoms with van der Waals surface area (Å²) in [4.78, 5) is 0. The van der Waals surface area contributed by atoms with Crippen molar-refractivity contribution in [2.24, 2.45) is 5.92 Å². The minimum absolute atomic E-state index is 0.647. The molecule has 0 aromatic carbocycles. The molecule has 0 heterocycles. The highest BCUT2D eigenvalue weighted by molar-refractivity contribution is 4.63. The number of hydrogen-bond acceptors (Lipinski definition) is 2. The quantitative estimate of drug-likeness (QED) is 0.559. The van der Waals surface area contributed by atoms with Crippen LogP contribution in [0.25, 0.3) is 0 Å². The predicted molar refractivity (Wildman–Crippen MR) is 64.7 cm³/mol. The van der Waals surface area contributed by atoms with E-state index in [0.29, 0.717) is 6.04 Å². The maximum absolute atomic E-state index is 3.54. The van der Waals surface area contributed by atoms with E-state index >= 15 is 0 Å². The summed E-state index contributed by atoms with van der Waals surface area (Å²) < 4.78 is 0. The highest BCUT2D eigenvalue weighted by Gasteiger charge is 2.03. The van der Waals surface area contributed by atoms with Gasteiger partial charge in [-0.05, 0) is 38.9 Å². The van der Waals surface area contributed by atoms with Crippen molar-refractivity contribution in [1.82, 2.24) is 10.6 Å². The fraction of sp³-hybridized carbons (Fsp3) is 1.00. The van der Waals surface area contributed by atoms with Crippen molar-refractivity contribution < 1.29 is 0 Å². The van der Waals surface area contributed by atoms with Gasteiger partial charge in [0.25, 0.3) is 0 Å². The van der Waals surface area contributed by atoms with Crippen LogP contribution in [0.3, 0.4) is 0 Å². The molecule has 0 saturated heterocycles. The predicted octanol–water partition coefficient (Wildman–Crippen LogP) is 2.40. The van der Waals surface area contributed by atoms with Crippen LogP contribution in [-0.2, 0) is 0 Å². The monoisotopic (exact) mass is 200 g/mol. The lowest BCUT2D eigenvalue weighted by atomic mass is 10.0. The van der Waals surface area contributed by atoms with Crippen LogP contribution >= 0.6 is 0 Å². The summed E-state index contributed by atoms with van der Waals surface area (Å²) in [5.74, 6) is 0.865. The Morgan fingerprint density at radius 2 is 1.71 bits per heavy atom. The van der Waals surface area contributed by atoms with E-state index in [4.69, 9.17) is 0 Å². The van der Waals surface area contributed by atoms with Crippen LogP contribution in [0.1, 0.15) is 47.0 Å². The van der Waals surface area contributed by atoms with E-state index in [-0.39, 0.29) is 0 Å². The molecular weight excluding hydrogens is 172 g/mol. The molecule has 1 atom stereocenters. The third kappa shape index (κ3) is 7.34. The van der Waals surface area contributed by atoms with Crippen molar-refractivity contribution in [2.45, 2.75) is 53.0 Å². The van der Waals surface area contributed by atoms with E-state index in [0.717, 1.165) is 19.0 Å². The largest absolute Gasteiger partial charge is 0.316 e. The summed E-state index contributed by atoms with van der Waals surface area (Å²) in [7, 11) is 0. The molecule has 0 spiro atoms. The number of hydrogen-bond donors (Lipinski definition) is 2. The van der Waals surface area contributed by atoms with Gasteiger partial charge in [-0.25, -0.2) is 0 Å². The molecule has 14 heavy (non-hydrogen) atoms. The van der Waals surface area contributed by atoms with Gasteiger partial charge in [0.1, 0.15) is 0 Å². The lowest BCUT2D eigenvalue weighted by Crippen LogP contribution is -2.31. The van der Waals surface area contributed by atoms with Gasteiger partial charge in [-0.3, -0.25) is 0 Å². The Balaban J connectivity index is 3.27. The average Bonchev–Trinajstić information content (AvgIpc) is 2.19. The zero-order valence-corrected chi connectivity index (χ0v) is 10.4. The van der Waals surface area contributed by atoms with Crippen LogP contribution in [0.5, 0.6) is 0 Å². The minimum atomic E-state index is 0.647. The Kier molecular flexibility index (Phi) is 9.42. The van der Waals surface area contributed by atoms with Gasteiger partial charge in [-0.2, -0.15) is 0 Å². The van der Waals surface area contributed by atoms with Crippen LogP contribution in [-0.4, -0.2) is 25.7 Å². The smallest absolute Gasteiger partial charge is 0.00506 e. The summed E-state index contributed by atoms with van der Waals surface area (Å²) in [5, 5.41) is 6.96. The Labute approximate surface area is 89.9 Å². The van der Waals surface area contributed by atoms with Gasteiger partial charge in [0, 0.05) is 6.04 Å². The molecule has 0 aromatic heterocycles. The highest BCUT2D eigenvalue weighted by atomic mass is 14.9. The van der Waals surface area contributed by atoms with Gasteiger partial charge in [0.05, 0.1) is 0 Å². The van der Waals surface area contributed by atoms with Crippen LogP contribution in [0.15, 0.2) is 0 Å². The van der Waals surface area contributed by atoms with E-state index in [1.165, 1.54) is 25.8 Å². The number of rotatable bonds is 9. The molecule has 0 bridgehead atoms.